The third-order valence-electron chi connectivity index (χ3n) is 2.17. The summed E-state index contributed by atoms with van der Waals surface area (Å²) < 4.78 is 37.6. The average molecular weight is 276 g/mol. The second-order valence-corrected chi connectivity index (χ2v) is 3.54. The summed E-state index contributed by atoms with van der Waals surface area (Å²) in [7, 11) is 0. The molecule has 0 atom stereocenters. The number of benzene rings is 1. The summed E-state index contributed by atoms with van der Waals surface area (Å²) in [4.78, 5) is 22.1. The van der Waals surface area contributed by atoms with E-state index in [1.165, 1.54) is 6.07 Å². The van der Waals surface area contributed by atoms with Crippen molar-refractivity contribution in [2.45, 2.75) is 6.18 Å². The van der Waals surface area contributed by atoms with Crippen LogP contribution in [0.3, 0.4) is 0 Å². The molecule has 0 saturated heterocycles. The molecule has 0 aliphatic rings. The van der Waals surface area contributed by atoms with Gasteiger partial charge in [-0.3, -0.25) is 9.59 Å². The van der Waals surface area contributed by atoms with E-state index in [1.807, 2.05) is 0 Å². The number of Topliss-reactive ketones (excluding diaryl/α,β-unsaturated/α-hetero) is 1. The zero-order chi connectivity index (χ0) is 13.9. The van der Waals surface area contributed by atoms with Crippen molar-refractivity contribution in [3.05, 3.63) is 34.4 Å². The van der Waals surface area contributed by atoms with Gasteiger partial charge in [-0.2, -0.15) is 18.4 Å². The summed E-state index contributed by atoms with van der Waals surface area (Å²) in [5, 5.41) is 8.70. The first-order valence-corrected chi connectivity index (χ1v) is 5.08. The molecule has 0 radical (unpaired) electrons. The molecular formula is C11H5ClF3NO2. The zero-order valence-electron chi connectivity index (χ0n) is 8.71. The molecule has 0 heterocycles. The Hall–Kier alpha value is -1.87. The Morgan fingerprint density at radius 2 is 2.06 bits per heavy atom. The lowest BCUT2D eigenvalue weighted by atomic mass is 9.96. The van der Waals surface area contributed by atoms with Gasteiger partial charge >= 0.3 is 6.18 Å². The average Bonchev–Trinajstić information content (AvgIpc) is 2.34. The fraction of sp³-hybridized carbons (Fsp3) is 0.182. The van der Waals surface area contributed by atoms with Gasteiger partial charge in [-0.1, -0.05) is 0 Å². The van der Waals surface area contributed by atoms with Gasteiger partial charge in [0.15, 0.2) is 12.1 Å². The Morgan fingerprint density at radius 3 is 2.44 bits per heavy atom. The maximum Gasteiger partial charge on any atom is 0.416 e. The van der Waals surface area contributed by atoms with Crippen LogP contribution in [0, 0.1) is 11.3 Å². The minimum Gasteiger partial charge on any atom is -0.298 e. The van der Waals surface area contributed by atoms with E-state index in [0.717, 1.165) is 0 Å². The molecular weight excluding hydrogens is 271 g/mol. The number of hydrogen-bond acceptors (Lipinski definition) is 3. The van der Waals surface area contributed by atoms with Gasteiger partial charge in [-0.25, -0.2) is 0 Å². The molecule has 1 aromatic carbocycles. The topological polar surface area (TPSA) is 57.9 Å². The molecule has 1 rings (SSSR count). The SMILES string of the molecule is N#Cc1cc(C(F)(F)F)cc(C(=O)CCl)c1C=O. The van der Waals surface area contributed by atoms with Crippen LogP contribution in [0.1, 0.15) is 31.8 Å². The molecule has 0 bridgehead atoms. The van der Waals surface area contributed by atoms with Crippen molar-refractivity contribution in [2.24, 2.45) is 0 Å². The first-order valence-electron chi connectivity index (χ1n) is 4.54. The van der Waals surface area contributed by atoms with Crippen LogP contribution in [0.5, 0.6) is 0 Å². The monoisotopic (exact) mass is 275 g/mol. The minimum absolute atomic E-state index is 0.165. The lowest BCUT2D eigenvalue weighted by Crippen LogP contribution is -2.12. The summed E-state index contributed by atoms with van der Waals surface area (Å²) in [5.41, 5.74) is -2.55. The molecule has 0 unspecified atom stereocenters. The van der Waals surface area contributed by atoms with Crippen molar-refractivity contribution in [3.63, 3.8) is 0 Å². The maximum absolute atomic E-state index is 12.5. The quantitative estimate of drug-likeness (QED) is 0.484. The summed E-state index contributed by atoms with van der Waals surface area (Å²) in [5.74, 6) is -1.42. The molecule has 1 aromatic rings. The molecule has 0 spiro atoms. The van der Waals surface area contributed by atoms with E-state index in [4.69, 9.17) is 16.9 Å². The highest BCUT2D eigenvalue weighted by molar-refractivity contribution is 6.31. The molecule has 0 saturated carbocycles. The van der Waals surface area contributed by atoms with Crippen LogP contribution >= 0.6 is 11.6 Å². The third-order valence-corrected chi connectivity index (χ3v) is 2.41. The van der Waals surface area contributed by atoms with Gasteiger partial charge in [0.1, 0.15) is 0 Å². The molecule has 3 nitrogen and oxygen atoms in total. The molecule has 94 valence electrons. The Balaban J connectivity index is 3.62. The highest BCUT2D eigenvalue weighted by atomic mass is 35.5. The van der Waals surface area contributed by atoms with Crippen molar-refractivity contribution in [3.8, 4) is 6.07 Å². The normalized spacial score (nSPS) is 10.8. The predicted molar refractivity (Wildman–Crippen MR) is 56.6 cm³/mol. The number of nitriles is 1. The number of alkyl halides is 4. The predicted octanol–water partition coefficient (Wildman–Crippen LogP) is 2.81. The van der Waals surface area contributed by atoms with Gasteiger partial charge < -0.3 is 0 Å². The number of carbonyl (C=O) groups excluding carboxylic acids is 2. The van der Waals surface area contributed by atoms with Crippen LogP contribution in [0.25, 0.3) is 0 Å². The Labute approximate surface area is 105 Å². The second kappa shape index (κ2) is 5.19. The van der Waals surface area contributed by atoms with Crippen LogP contribution in [0.15, 0.2) is 12.1 Å². The van der Waals surface area contributed by atoms with Crippen molar-refractivity contribution in [1.29, 1.82) is 5.26 Å². The first kappa shape index (κ1) is 14.2. The highest BCUT2D eigenvalue weighted by Crippen LogP contribution is 2.32. The van der Waals surface area contributed by atoms with Crippen LogP contribution in [-0.2, 0) is 6.18 Å². The van der Waals surface area contributed by atoms with Gasteiger partial charge in [0.2, 0.25) is 0 Å². The standard InChI is InChI=1S/C11H5ClF3NO2/c12-3-10(18)8-2-7(11(13,14)15)1-6(4-16)9(8)5-17/h1-2,5H,3H2. The van der Waals surface area contributed by atoms with E-state index >= 15 is 0 Å². The molecule has 0 N–H and O–H groups in total. The summed E-state index contributed by atoms with van der Waals surface area (Å²) >= 11 is 5.25. The van der Waals surface area contributed by atoms with Crippen LogP contribution in [0.4, 0.5) is 13.2 Å². The van der Waals surface area contributed by atoms with E-state index in [0.29, 0.717) is 12.1 Å². The number of aldehydes is 1. The Bertz CT molecular complexity index is 546. The van der Waals surface area contributed by atoms with Crippen molar-refractivity contribution >= 4 is 23.7 Å². The smallest absolute Gasteiger partial charge is 0.298 e. The molecule has 0 aromatic heterocycles. The van der Waals surface area contributed by atoms with Gasteiger partial charge in [-0.15, -0.1) is 11.6 Å². The molecule has 0 amide bonds. The Morgan fingerprint density at radius 1 is 1.44 bits per heavy atom. The van der Waals surface area contributed by atoms with Crippen LogP contribution < -0.4 is 0 Å². The minimum atomic E-state index is -4.71. The van der Waals surface area contributed by atoms with E-state index in [2.05, 4.69) is 0 Å². The lowest BCUT2D eigenvalue weighted by Gasteiger charge is -2.11. The van der Waals surface area contributed by atoms with Gasteiger partial charge in [0.25, 0.3) is 0 Å². The fourth-order valence-electron chi connectivity index (χ4n) is 1.34. The van der Waals surface area contributed by atoms with Gasteiger partial charge in [0.05, 0.1) is 23.1 Å². The zero-order valence-corrected chi connectivity index (χ0v) is 9.47. The largest absolute Gasteiger partial charge is 0.416 e. The summed E-state index contributed by atoms with van der Waals surface area (Å²) in [6, 6.07) is 2.50. The van der Waals surface area contributed by atoms with Gasteiger partial charge in [0, 0.05) is 11.1 Å². The number of rotatable bonds is 3. The molecule has 0 aliphatic heterocycles. The maximum atomic E-state index is 12.5. The molecule has 18 heavy (non-hydrogen) atoms. The van der Waals surface area contributed by atoms with Crippen molar-refractivity contribution in [2.75, 3.05) is 5.88 Å². The van der Waals surface area contributed by atoms with Crippen LogP contribution in [0.2, 0.25) is 0 Å². The van der Waals surface area contributed by atoms with Crippen LogP contribution in [-0.4, -0.2) is 17.9 Å². The third kappa shape index (κ3) is 2.68. The summed E-state index contributed by atoms with van der Waals surface area (Å²) in [6.45, 7) is 0. The van der Waals surface area contributed by atoms with Gasteiger partial charge in [-0.05, 0) is 12.1 Å². The van der Waals surface area contributed by atoms with Crippen molar-refractivity contribution < 1.29 is 22.8 Å². The van der Waals surface area contributed by atoms with E-state index < -0.39 is 34.5 Å². The molecule has 7 heteroatoms. The fourth-order valence-corrected chi connectivity index (χ4v) is 1.48. The molecule has 0 fully saturated rings. The molecule has 0 aliphatic carbocycles. The van der Waals surface area contributed by atoms with Crippen molar-refractivity contribution in [1.82, 2.24) is 0 Å². The number of halogens is 4. The number of carbonyl (C=O) groups is 2. The summed E-state index contributed by atoms with van der Waals surface area (Å²) in [6.07, 6.45) is -4.55. The Kier molecular flexibility index (Phi) is 4.09. The van der Waals surface area contributed by atoms with E-state index in [9.17, 15) is 22.8 Å². The van der Waals surface area contributed by atoms with E-state index in [1.54, 1.807) is 0 Å². The number of nitrogens with zero attached hydrogens (tertiary/aromatic N) is 1. The first-order chi connectivity index (χ1) is 8.35. The highest BCUT2D eigenvalue weighted by Gasteiger charge is 2.33. The lowest BCUT2D eigenvalue weighted by molar-refractivity contribution is -0.137. The number of hydrogen-bond donors (Lipinski definition) is 0. The second-order valence-electron chi connectivity index (χ2n) is 3.27. The van der Waals surface area contributed by atoms with E-state index in [-0.39, 0.29) is 11.8 Å². The number of ketones is 1.